The lowest BCUT2D eigenvalue weighted by Gasteiger charge is -2.37. The number of likely N-dealkylation sites (N-methyl/N-ethyl adjacent to an activating group) is 1. The molecule has 7 nitrogen and oxygen atoms in total. The molecule has 2 rings (SSSR count). The van der Waals surface area contributed by atoms with Gasteiger partial charge in [-0.05, 0) is 19.2 Å². The van der Waals surface area contributed by atoms with Gasteiger partial charge in [-0.1, -0.05) is 6.07 Å². The van der Waals surface area contributed by atoms with E-state index in [0.717, 1.165) is 64.1 Å². The van der Waals surface area contributed by atoms with E-state index < -0.39 is 0 Å². The molecule has 1 aliphatic rings. The number of hydrogen-bond donors (Lipinski definition) is 1. The number of hydrogen-bond acceptors (Lipinski definition) is 5. The van der Waals surface area contributed by atoms with E-state index in [0.29, 0.717) is 0 Å². The maximum absolute atomic E-state index is 5.33. The lowest BCUT2D eigenvalue weighted by Crippen LogP contribution is -2.53. The highest BCUT2D eigenvalue weighted by Crippen LogP contribution is 2.22. The van der Waals surface area contributed by atoms with Crippen LogP contribution in [0.15, 0.2) is 29.3 Å². The van der Waals surface area contributed by atoms with E-state index in [1.807, 2.05) is 19.2 Å². The molecular weight excluding hydrogens is 330 g/mol. The molecule has 0 bridgehead atoms. The highest BCUT2D eigenvalue weighted by molar-refractivity contribution is 5.80. The Morgan fingerprint density at radius 2 is 1.96 bits per heavy atom. The Hall–Kier alpha value is -1.99. The molecular formula is C19H33N5O2. The molecule has 1 aliphatic heterocycles. The number of nitrogens with zero attached hydrogens (tertiary/aromatic N) is 4. The zero-order valence-corrected chi connectivity index (χ0v) is 16.6. The molecule has 1 saturated heterocycles. The minimum absolute atomic E-state index is 0.761. The maximum atomic E-state index is 5.33. The van der Waals surface area contributed by atoms with Gasteiger partial charge in [0.15, 0.2) is 5.96 Å². The second-order valence-corrected chi connectivity index (χ2v) is 6.45. The minimum atomic E-state index is 0.761. The molecule has 0 atom stereocenters. The van der Waals surface area contributed by atoms with Crippen LogP contribution in [0.3, 0.4) is 0 Å². The first-order valence-corrected chi connectivity index (χ1v) is 9.20. The fraction of sp³-hybridized carbons (Fsp3) is 0.632. The third-order valence-electron chi connectivity index (χ3n) is 4.66. The number of benzene rings is 1. The number of rotatable bonds is 8. The van der Waals surface area contributed by atoms with Gasteiger partial charge in [0.05, 0.1) is 13.7 Å². The number of aliphatic imine (C=N–C) groups is 1. The van der Waals surface area contributed by atoms with Crippen LogP contribution in [0.2, 0.25) is 0 Å². The highest BCUT2D eigenvalue weighted by atomic mass is 16.5. The smallest absolute Gasteiger partial charge is 0.193 e. The van der Waals surface area contributed by atoms with Crippen LogP contribution in [0, 0.1) is 0 Å². The zero-order valence-electron chi connectivity index (χ0n) is 16.6. The van der Waals surface area contributed by atoms with Crippen molar-refractivity contribution in [2.24, 2.45) is 4.99 Å². The molecule has 0 spiro atoms. The van der Waals surface area contributed by atoms with Gasteiger partial charge in [0, 0.05) is 71.7 Å². The minimum Gasteiger partial charge on any atom is -0.497 e. The summed E-state index contributed by atoms with van der Waals surface area (Å²) in [4.78, 5) is 11.4. The third kappa shape index (κ3) is 6.07. The summed E-state index contributed by atoms with van der Waals surface area (Å²) >= 11 is 0. The Kier molecular flexibility index (Phi) is 8.50. The predicted molar refractivity (Wildman–Crippen MR) is 108 cm³/mol. The number of anilines is 1. The zero-order chi connectivity index (χ0) is 18.8. The van der Waals surface area contributed by atoms with Crippen LogP contribution in [0.25, 0.3) is 0 Å². The normalized spacial score (nSPS) is 15.5. The van der Waals surface area contributed by atoms with Crippen molar-refractivity contribution in [3.8, 4) is 5.75 Å². The van der Waals surface area contributed by atoms with Crippen molar-refractivity contribution in [3.05, 3.63) is 24.3 Å². The van der Waals surface area contributed by atoms with Crippen molar-refractivity contribution >= 4 is 11.6 Å². The molecule has 0 amide bonds. The van der Waals surface area contributed by atoms with Crippen molar-refractivity contribution in [1.29, 1.82) is 0 Å². The Morgan fingerprint density at radius 3 is 2.62 bits per heavy atom. The average Bonchev–Trinajstić information content (AvgIpc) is 2.70. The molecule has 1 aromatic carbocycles. The molecule has 1 aromatic rings. The number of ether oxygens (including phenoxy) is 2. The first-order chi connectivity index (χ1) is 12.7. The first kappa shape index (κ1) is 20.3. The van der Waals surface area contributed by atoms with Crippen molar-refractivity contribution in [2.45, 2.75) is 0 Å². The quantitative estimate of drug-likeness (QED) is 0.549. The van der Waals surface area contributed by atoms with Crippen molar-refractivity contribution in [1.82, 2.24) is 15.1 Å². The van der Waals surface area contributed by atoms with E-state index in [2.05, 4.69) is 44.2 Å². The van der Waals surface area contributed by atoms with E-state index in [1.165, 1.54) is 5.69 Å². The summed E-state index contributed by atoms with van der Waals surface area (Å²) in [5, 5.41) is 3.47. The lowest BCUT2D eigenvalue weighted by atomic mass is 10.2. The molecule has 7 heteroatoms. The van der Waals surface area contributed by atoms with Crippen molar-refractivity contribution in [3.63, 3.8) is 0 Å². The molecule has 0 aromatic heterocycles. The molecule has 1 heterocycles. The highest BCUT2D eigenvalue weighted by Gasteiger charge is 2.20. The van der Waals surface area contributed by atoms with Gasteiger partial charge in [0.2, 0.25) is 0 Å². The molecule has 0 aliphatic carbocycles. The summed E-state index contributed by atoms with van der Waals surface area (Å²) in [5.74, 6) is 1.88. The van der Waals surface area contributed by atoms with Crippen LogP contribution in [-0.2, 0) is 4.74 Å². The van der Waals surface area contributed by atoms with Crippen molar-refractivity contribution < 1.29 is 9.47 Å². The molecule has 0 unspecified atom stereocenters. The van der Waals surface area contributed by atoms with E-state index in [1.54, 1.807) is 14.2 Å². The van der Waals surface area contributed by atoms with Gasteiger partial charge in [-0.3, -0.25) is 4.99 Å². The van der Waals surface area contributed by atoms with E-state index in [-0.39, 0.29) is 0 Å². The summed E-state index contributed by atoms with van der Waals surface area (Å²) in [6.45, 7) is 7.40. The number of nitrogens with one attached hydrogen (secondary N) is 1. The van der Waals surface area contributed by atoms with Crippen LogP contribution in [0.1, 0.15) is 0 Å². The molecule has 146 valence electrons. The number of methoxy groups -OCH3 is 2. The van der Waals surface area contributed by atoms with E-state index >= 15 is 0 Å². The SMILES string of the molecule is CN=C(NCCN(C)CCOC)N1CCN(c2cccc(OC)c2)CC1. The van der Waals surface area contributed by atoms with Gasteiger partial charge < -0.3 is 29.5 Å². The fourth-order valence-electron chi connectivity index (χ4n) is 3.03. The van der Waals surface area contributed by atoms with Gasteiger partial charge in [-0.25, -0.2) is 0 Å². The van der Waals surface area contributed by atoms with Gasteiger partial charge in [0.25, 0.3) is 0 Å². The Bertz CT molecular complexity index is 559. The molecule has 26 heavy (non-hydrogen) atoms. The standard InChI is InChI=1S/C19H33N5O2/c1-20-19(21-8-9-22(2)14-15-25-3)24-12-10-23(11-13-24)17-6-5-7-18(16-17)26-4/h5-7,16H,8-15H2,1-4H3,(H,20,21). The summed E-state index contributed by atoms with van der Waals surface area (Å²) in [5.41, 5.74) is 1.21. The lowest BCUT2D eigenvalue weighted by molar-refractivity contribution is 0.162. The largest absolute Gasteiger partial charge is 0.497 e. The average molecular weight is 364 g/mol. The van der Waals surface area contributed by atoms with Crippen LogP contribution in [0.4, 0.5) is 5.69 Å². The monoisotopic (exact) mass is 363 g/mol. The predicted octanol–water partition coefficient (Wildman–Crippen LogP) is 0.971. The van der Waals surface area contributed by atoms with Gasteiger partial charge >= 0.3 is 0 Å². The second-order valence-electron chi connectivity index (χ2n) is 6.45. The summed E-state index contributed by atoms with van der Waals surface area (Å²) in [6.07, 6.45) is 0. The number of piperazine rings is 1. The molecule has 1 fully saturated rings. The van der Waals surface area contributed by atoms with Crippen LogP contribution in [-0.4, -0.2) is 96.5 Å². The maximum Gasteiger partial charge on any atom is 0.193 e. The van der Waals surface area contributed by atoms with Crippen LogP contribution >= 0.6 is 0 Å². The van der Waals surface area contributed by atoms with Crippen molar-refractivity contribution in [2.75, 3.05) is 85.6 Å². The molecule has 0 saturated carbocycles. The summed E-state index contributed by atoms with van der Waals surface area (Å²) in [6, 6.07) is 8.26. The molecule has 0 radical (unpaired) electrons. The van der Waals surface area contributed by atoms with Crippen LogP contribution in [0.5, 0.6) is 5.75 Å². The van der Waals surface area contributed by atoms with Gasteiger partial charge in [0.1, 0.15) is 5.75 Å². The third-order valence-corrected chi connectivity index (χ3v) is 4.66. The topological polar surface area (TPSA) is 52.6 Å². The fourth-order valence-corrected chi connectivity index (χ4v) is 3.03. The molecule has 1 N–H and O–H groups in total. The van der Waals surface area contributed by atoms with Gasteiger partial charge in [-0.2, -0.15) is 0 Å². The number of guanidine groups is 1. The first-order valence-electron chi connectivity index (χ1n) is 9.20. The Labute approximate surface area is 157 Å². The second kappa shape index (κ2) is 10.9. The Morgan fingerprint density at radius 1 is 1.19 bits per heavy atom. The van der Waals surface area contributed by atoms with Gasteiger partial charge in [-0.15, -0.1) is 0 Å². The summed E-state index contributed by atoms with van der Waals surface area (Å²) in [7, 11) is 7.40. The van der Waals surface area contributed by atoms with Crippen LogP contribution < -0.4 is 15.0 Å². The van der Waals surface area contributed by atoms with E-state index in [4.69, 9.17) is 9.47 Å². The van der Waals surface area contributed by atoms with E-state index in [9.17, 15) is 0 Å². The summed E-state index contributed by atoms with van der Waals surface area (Å²) < 4.78 is 10.4. The Balaban J connectivity index is 1.78.